The maximum atomic E-state index is 12.5. The van der Waals surface area contributed by atoms with E-state index in [4.69, 9.17) is 4.74 Å². The molecule has 2 aliphatic rings. The Labute approximate surface area is 132 Å². The van der Waals surface area contributed by atoms with Gasteiger partial charge in [-0.15, -0.1) is 0 Å². The molecule has 2 fully saturated rings. The largest absolute Gasteiger partial charge is 0.381 e. The number of aromatic nitrogens is 1. The van der Waals surface area contributed by atoms with Gasteiger partial charge in [0.2, 0.25) is 5.91 Å². The molecule has 1 N–H and O–H groups in total. The SMILES string of the molecule is Cc1cccc(NC2CCN(C(=O)C3CCOCC3)CC2)n1. The Morgan fingerprint density at radius 2 is 1.95 bits per heavy atom. The number of aryl methyl sites for hydroxylation is 1. The molecule has 3 rings (SSSR count). The molecule has 5 heteroatoms. The molecule has 0 aromatic carbocycles. The van der Waals surface area contributed by atoms with Gasteiger partial charge in [-0.25, -0.2) is 4.98 Å². The van der Waals surface area contributed by atoms with Crippen molar-refractivity contribution in [1.82, 2.24) is 9.88 Å². The molecular weight excluding hydrogens is 278 g/mol. The first-order valence-electron chi connectivity index (χ1n) is 8.29. The maximum Gasteiger partial charge on any atom is 0.225 e. The third-order valence-corrected chi connectivity index (χ3v) is 4.62. The van der Waals surface area contributed by atoms with Crippen LogP contribution in [0.3, 0.4) is 0 Å². The van der Waals surface area contributed by atoms with Crippen molar-refractivity contribution in [3.63, 3.8) is 0 Å². The third kappa shape index (κ3) is 3.77. The van der Waals surface area contributed by atoms with Gasteiger partial charge in [0, 0.05) is 44.0 Å². The van der Waals surface area contributed by atoms with Gasteiger partial charge in [-0.05, 0) is 44.7 Å². The molecule has 1 amide bonds. The van der Waals surface area contributed by atoms with Crippen molar-refractivity contribution >= 4 is 11.7 Å². The van der Waals surface area contributed by atoms with Gasteiger partial charge >= 0.3 is 0 Å². The number of hydrogen-bond acceptors (Lipinski definition) is 4. The summed E-state index contributed by atoms with van der Waals surface area (Å²) in [6.07, 6.45) is 3.74. The van der Waals surface area contributed by atoms with Crippen molar-refractivity contribution in [3.8, 4) is 0 Å². The Bertz CT molecular complexity index is 506. The second-order valence-corrected chi connectivity index (χ2v) is 6.29. The third-order valence-electron chi connectivity index (χ3n) is 4.62. The molecule has 5 nitrogen and oxygen atoms in total. The zero-order valence-electron chi connectivity index (χ0n) is 13.3. The molecule has 0 unspecified atom stereocenters. The number of hydrogen-bond donors (Lipinski definition) is 1. The van der Waals surface area contributed by atoms with Gasteiger partial charge in [-0.3, -0.25) is 4.79 Å². The second-order valence-electron chi connectivity index (χ2n) is 6.29. The van der Waals surface area contributed by atoms with Crippen molar-refractivity contribution in [2.24, 2.45) is 5.92 Å². The van der Waals surface area contributed by atoms with Gasteiger partial charge in [-0.1, -0.05) is 6.07 Å². The topological polar surface area (TPSA) is 54.5 Å². The summed E-state index contributed by atoms with van der Waals surface area (Å²) >= 11 is 0. The molecule has 0 atom stereocenters. The lowest BCUT2D eigenvalue weighted by atomic mass is 9.96. The number of piperidine rings is 1. The van der Waals surface area contributed by atoms with Crippen LogP contribution in [-0.2, 0) is 9.53 Å². The van der Waals surface area contributed by atoms with E-state index in [1.165, 1.54) is 0 Å². The summed E-state index contributed by atoms with van der Waals surface area (Å²) in [4.78, 5) is 19.0. The van der Waals surface area contributed by atoms with Crippen molar-refractivity contribution in [2.75, 3.05) is 31.6 Å². The molecule has 3 heterocycles. The fourth-order valence-electron chi connectivity index (χ4n) is 3.28. The number of nitrogens with one attached hydrogen (secondary N) is 1. The fourth-order valence-corrected chi connectivity index (χ4v) is 3.28. The van der Waals surface area contributed by atoms with Gasteiger partial charge in [-0.2, -0.15) is 0 Å². The number of amides is 1. The summed E-state index contributed by atoms with van der Waals surface area (Å²) in [5.74, 6) is 1.45. The molecule has 120 valence electrons. The number of carbonyl (C=O) groups excluding carboxylic acids is 1. The summed E-state index contributed by atoms with van der Waals surface area (Å²) in [6.45, 7) is 5.15. The smallest absolute Gasteiger partial charge is 0.225 e. The highest BCUT2D eigenvalue weighted by molar-refractivity contribution is 5.79. The van der Waals surface area contributed by atoms with Gasteiger partial charge < -0.3 is 15.0 Å². The van der Waals surface area contributed by atoms with Crippen LogP contribution in [-0.4, -0.2) is 48.1 Å². The summed E-state index contributed by atoms with van der Waals surface area (Å²) in [5.41, 5.74) is 1.03. The van der Waals surface area contributed by atoms with E-state index in [1.54, 1.807) is 0 Å². The summed E-state index contributed by atoms with van der Waals surface area (Å²) in [5, 5.41) is 3.49. The van der Waals surface area contributed by atoms with Crippen LogP contribution in [0.2, 0.25) is 0 Å². The Morgan fingerprint density at radius 3 is 2.64 bits per heavy atom. The van der Waals surface area contributed by atoms with E-state index in [1.807, 2.05) is 30.0 Å². The molecule has 22 heavy (non-hydrogen) atoms. The standard InChI is InChI=1S/C17H25N3O2/c1-13-3-2-4-16(18-13)19-15-5-9-20(10-6-15)17(21)14-7-11-22-12-8-14/h2-4,14-15H,5-12H2,1H3,(H,18,19). The van der Waals surface area contributed by atoms with Crippen molar-refractivity contribution in [3.05, 3.63) is 23.9 Å². The number of pyridine rings is 1. The Hall–Kier alpha value is -1.62. The van der Waals surface area contributed by atoms with Crippen LogP contribution in [0.25, 0.3) is 0 Å². The molecular formula is C17H25N3O2. The minimum absolute atomic E-state index is 0.177. The van der Waals surface area contributed by atoms with Gasteiger partial charge in [0.05, 0.1) is 0 Å². The molecule has 0 radical (unpaired) electrons. The normalized spacial score (nSPS) is 20.9. The molecule has 0 saturated carbocycles. The Kier molecular flexibility index (Phi) is 4.93. The molecule has 2 aliphatic heterocycles. The van der Waals surface area contributed by atoms with E-state index in [0.717, 1.165) is 63.5 Å². The first-order chi connectivity index (χ1) is 10.7. The van der Waals surface area contributed by atoms with Gasteiger partial charge in [0.1, 0.15) is 5.82 Å². The van der Waals surface area contributed by atoms with E-state index in [2.05, 4.69) is 10.3 Å². The van der Waals surface area contributed by atoms with Crippen LogP contribution < -0.4 is 5.32 Å². The average Bonchev–Trinajstić information content (AvgIpc) is 2.56. The minimum Gasteiger partial charge on any atom is -0.381 e. The lowest BCUT2D eigenvalue weighted by molar-refractivity contribution is -0.139. The Morgan fingerprint density at radius 1 is 1.23 bits per heavy atom. The highest BCUT2D eigenvalue weighted by Gasteiger charge is 2.29. The predicted octanol–water partition coefficient (Wildman–Crippen LogP) is 2.22. The molecule has 2 saturated heterocycles. The number of likely N-dealkylation sites (tertiary alicyclic amines) is 1. The van der Waals surface area contributed by atoms with Gasteiger partial charge in [0.15, 0.2) is 0 Å². The van der Waals surface area contributed by atoms with E-state index in [9.17, 15) is 4.79 Å². The molecule has 0 spiro atoms. The first kappa shape index (κ1) is 15.3. The molecule has 0 bridgehead atoms. The second kappa shape index (κ2) is 7.09. The van der Waals surface area contributed by atoms with Crippen LogP contribution >= 0.6 is 0 Å². The van der Waals surface area contributed by atoms with Crippen molar-refractivity contribution in [2.45, 2.75) is 38.6 Å². The van der Waals surface area contributed by atoms with Gasteiger partial charge in [0.25, 0.3) is 0 Å². The summed E-state index contributed by atoms with van der Waals surface area (Å²) < 4.78 is 5.34. The monoisotopic (exact) mass is 303 g/mol. The van der Waals surface area contributed by atoms with Crippen LogP contribution in [0, 0.1) is 12.8 Å². The van der Waals surface area contributed by atoms with Crippen LogP contribution in [0.15, 0.2) is 18.2 Å². The van der Waals surface area contributed by atoms with E-state index in [-0.39, 0.29) is 5.92 Å². The quantitative estimate of drug-likeness (QED) is 0.930. The number of carbonyl (C=O) groups is 1. The number of anilines is 1. The zero-order chi connectivity index (χ0) is 15.4. The van der Waals surface area contributed by atoms with Crippen LogP contribution in [0.1, 0.15) is 31.4 Å². The first-order valence-corrected chi connectivity index (χ1v) is 8.29. The number of rotatable bonds is 3. The van der Waals surface area contributed by atoms with Crippen molar-refractivity contribution in [1.29, 1.82) is 0 Å². The number of ether oxygens (including phenoxy) is 1. The highest BCUT2D eigenvalue weighted by atomic mass is 16.5. The van der Waals surface area contributed by atoms with E-state index >= 15 is 0 Å². The fraction of sp³-hybridized carbons (Fsp3) is 0.647. The molecule has 1 aromatic heterocycles. The molecule has 0 aliphatic carbocycles. The summed E-state index contributed by atoms with van der Waals surface area (Å²) in [7, 11) is 0. The summed E-state index contributed by atoms with van der Waals surface area (Å²) in [6, 6.07) is 6.44. The maximum absolute atomic E-state index is 12.5. The molecule has 1 aromatic rings. The zero-order valence-corrected chi connectivity index (χ0v) is 13.3. The van der Waals surface area contributed by atoms with Crippen LogP contribution in [0.5, 0.6) is 0 Å². The minimum atomic E-state index is 0.177. The lowest BCUT2D eigenvalue weighted by Gasteiger charge is -2.35. The number of nitrogens with zero attached hydrogens (tertiary/aromatic N) is 2. The average molecular weight is 303 g/mol. The predicted molar refractivity (Wildman–Crippen MR) is 85.7 cm³/mol. The Balaban J connectivity index is 1.48. The lowest BCUT2D eigenvalue weighted by Crippen LogP contribution is -2.45. The highest BCUT2D eigenvalue weighted by Crippen LogP contribution is 2.21. The van der Waals surface area contributed by atoms with Crippen LogP contribution in [0.4, 0.5) is 5.82 Å². The van der Waals surface area contributed by atoms with E-state index < -0.39 is 0 Å². The van der Waals surface area contributed by atoms with E-state index in [0.29, 0.717) is 11.9 Å². The van der Waals surface area contributed by atoms with Crippen molar-refractivity contribution < 1.29 is 9.53 Å².